The van der Waals surface area contributed by atoms with E-state index in [9.17, 15) is 4.79 Å². The fraction of sp³-hybridized carbons (Fsp3) is 0.500. The molecule has 0 bridgehead atoms. The van der Waals surface area contributed by atoms with Gasteiger partial charge in [0, 0.05) is 11.6 Å². The molecule has 0 unspecified atom stereocenters. The van der Waals surface area contributed by atoms with E-state index in [1.807, 2.05) is 0 Å². The third kappa shape index (κ3) is 4.59. The first-order valence-electron chi connectivity index (χ1n) is 6.65. The van der Waals surface area contributed by atoms with Crippen LogP contribution < -0.4 is 10.6 Å². The van der Waals surface area contributed by atoms with Crippen molar-refractivity contribution in [3.05, 3.63) is 28.2 Å². The number of rotatable bonds is 3. The SMILES string of the molecule is O=C(NCC1CCCCC1)Nc1ccc(Cl)cc1Cl. The Morgan fingerprint density at radius 3 is 2.63 bits per heavy atom. The monoisotopic (exact) mass is 300 g/mol. The topological polar surface area (TPSA) is 41.1 Å². The van der Waals surface area contributed by atoms with E-state index in [1.165, 1.54) is 32.1 Å². The first kappa shape index (κ1) is 14.5. The average Bonchev–Trinajstić information content (AvgIpc) is 2.41. The Hall–Kier alpha value is -0.930. The zero-order chi connectivity index (χ0) is 13.7. The molecule has 0 heterocycles. The predicted octanol–water partition coefficient (Wildman–Crippen LogP) is 4.70. The minimum absolute atomic E-state index is 0.213. The lowest BCUT2D eigenvalue weighted by Crippen LogP contribution is -2.33. The van der Waals surface area contributed by atoms with Crippen LogP contribution in [0.2, 0.25) is 10.0 Å². The van der Waals surface area contributed by atoms with Crippen LogP contribution in [-0.2, 0) is 0 Å². The molecule has 19 heavy (non-hydrogen) atoms. The van der Waals surface area contributed by atoms with Crippen molar-refractivity contribution in [3.63, 3.8) is 0 Å². The largest absolute Gasteiger partial charge is 0.338 e. The molecule has 1 aromatic rings. The molecule has 5 heteroatoms. The maximum atomic E-state index is 11.8. The Labute approximate surface area is 123 Å². The van der Waals surface area contributed by atoms with Gasteiger partial charge >= 0.3 is 6.03 Å². The van der Waals surface area contributed by atoms with Crippen molar-refractivity contribution in [2.45, 2.75) is 32.1 Å². The van der Waals surface area contributed by atoms with E-state index in [2.05, 4.69) is 10.6 Å². The highest BCUT2D eigenvalue weighted by Gasteiger charge is 2.14. The second-order valence-electron chi connectivity index (χ2n) is 4.96. The van der Waals surface area contributed by atoms with Crippen LogP contribution in [0.25, 0.3) is 0 Å². The number of hydrogen-bond donors (Lipinski definition) is 2. The number of benzene rings is 1. The van der Waals surface area contributed by atoms with Crippen LogP contribution in [0, 0.1) is 5.92 Å². The fourth-order valence-electron chi connectivity index (χ4n) is 2.39. The summed E-state index contributed by atoms with van der Waals surface area (Å²) in [5, 5.41) is 6.64. The van der Waals surface area contributed by atoms with E-state index < -0.39 is 0 Å². The number of carbonyl (C=O) groups is 1. The molecule has 2 amide bonds. The average molecular weight is 301 g/mol. The standard InChI is InChI=1S/C14H18Cl2N2O/c15-11-6-7-13(12(16)8-11)18-14(19)17-9-10-4-2-1-3-5-10/h6-8,10H,1-5,9H2,(H2,17,18,19). The number of halogens is 2. The molecule has 2 N–H and O–H groups in total. The van der Waals surface area contributed by atoms with Crippen LogP contribution in [0.5, 0.6) is 0 Å². The fourth-order valence-corrected chi connectivity index (χ4v) is 2.84. The molecule has 1 aromatic carbocycles. The van der Waals surface area contributed by atoms with Crippen molar-refractivity contribution in [2.24, 2.45) is 5.92 Å². The molecule has 0 radical (unpaired) electrons. The quantitative estimate of drug-likeness (QED) is 0.835. The lowest BCUT2D eigenvalue weighted by molar-refractivity contribution is 0.247. The molecule has 0 spiro atoms. The van der Waals surface area contributed by atoms with Crippen molar-refractivity contribution < 1.29 is 4.79 Å². The summed E-state index contributed by atoms with van der Waals surface area (Å²) in [7, 11) is 0. The van der Waals surface area contributed by atoms with Crippen LogP contribution >= 0.6 is 23.2 Å². The highest BCUT2D eigenvalue weighted by molar-refractivity contribution is 6.36. The molecular formula is C14H18Cl2N2O. The van der Waals surface area contributed by atoms with E-state index >= 15 is 0 Å². The number of anilines is 1. The maximum Gasteiger partial charge on any atom is 0.319 e. The Balaban J connectivity index is 1.80. The molecular weight excluding hydrogens is 283 g/mol. The van der Waals surface area contributed by atoms with Gasteiger partial charge in [-0.2, -0.15) is 0 Å². The van der Waals surface area contributed by atoms with E-state index in [1.54, 1.807) is 18.2 Å². The van der Waals surface area contributed by atoms with Crippen LogP contribution in [0.3, 0.4) is 0 Å². The van der Waals surface area contributed by atoms with Crippen molar-refractivity contribution in [1.82, 2.24) is 5.32 Å². The van der Waals surface area contributed by atoms with Crippen molar-refractivity contribution in [1.29, 1.82) is 0 Å². The van der Waals surface area contributed by atoms with Crippen LogP contribution in [0.15, 0.2) is 18.2 Å². The molecule has 2 rings (SSSR count). The Kier molecular flexibility index (Phi) is 5.34. The first-order chi connectivity index (χ1) is 9.15. The van der Waals surface area contributed by atoms with Gasteiger partial charge < -0.3 is 10.6 Å². The zero-order valence-corrected chi connectivity index (χ0v) is 12.2. The van der Waals surface area contributed by atoms with Gasteiger partial charge in [0.1, 0.15) is 0 Å². The minimum atomic E-state index is -0.213. The number of carbonyl (C=O) groups excluding carboxylic acids is 1. The second-order valence-corrected chi connectivity index (χ2v) is 5.81. The first-order valence-corrected chi connectivity index (χ1v) is 7.40. The molecule has 0 saturated heterocycles. The zero-order valence-electron chi connectivity index (χ0n) is 10.7. The third-order valence-electron chi connectivity index (χ3n) is 3.46. The predicted molar refractivity (Wildman–Crippen MR) is 80.1 cm³/mol. The van der Waals surface area contributed by atoms with E-state index in [0.29, 0.717) is 21.7 Å². The Bertz CT molecular complexity index is 445. The normalized spacial score (nSPS) is 16.1. The molecule has 1 aliphatic rings. The highest BCUT2D eigenvalue weighted by atomic mass is 35.5. The van der Waals surface area contributed by atoms with Gasteiger partial charge in [0.2, 0.25) is 0 Å². The molecule has 0 atom stereocenters. The summed E-state index contributed by atoms with van der Waals surface area (Å²) < 4.78 is 0. The third-order valence-corrected chi connectivity index (χ3v) is 4.00. The molecule has 0 aromatic heterocycles. The summed E-state index contributed by atoms with van der Waals surface area (Å²) in [6.07, 6.45) is 6.29. The molecule has 104 valence electrons. The molecule has 1 saturated carbocycles. The summed E-state index contributed by atoms with van der Waals surface area (Å²) in [5.74, 6) is 0.611. The summed E-state index contributed by atoms with van der Waals surface area (Å²) in [6.45, 7) is 0.733. The van der Waals surface area contributed by atoms with E-state index in [4.69, 9.17) is 23.2 Å². The van der Waals surface area contributed by atoms with E-state index in [0.717, 1.165) is 6.54 Å². The number of hydrogen-bond acceptors (Lipinski definition) is 1. The summed E-state index contributed by atoms with van der Waals surface area (Å²) in [4.78, 5) is 11.8. The minimum Gasteiger partial charge on any atom is -0.338 e. The van der Waals surface area contributed by atoms with Gasteiger partial charge in [-0.3, -0.25) is 0 Å². The summed E-state index contributed by atoms with van der Waals surface area (Å²) >= 11 is 11.8. The van der Waals surface area contributed by atoms with Crippen molar-refractivity contribution in [3.8, 4) is 0 Å². The highest BCUT2D eigenvalue weighted by Crippen LogP contribution is 2.25. The number of amides is 2. The number of urea groups is 1. The molecule has 0 aliphatic heterocycles. The Morgan fingerprint density at radius 2 is 1.95 bits per heavy atom. The van der Waals surface area contributed by atoms with Gasteiger partial charge in [-0.15, -0.1) is 0 Å². The van der Waals surface area contributed by atoms with E-state index in [-0.39, 0.29) is 6.03 Å². The van der Waals surface area contributed by atoms with Crippen LogP contribution in [0.4, 0.5) is 10.5 Å². The summed E-state index contributed by atoms with van der Waals surface area (Å²) in [5.41, 5.74) is 0.576. The lowest BCUT2D eigenvalue weighted by Gasteiger charge is -2.21. The van der Waals surface area contributed by atoms with Gasteiger partial charge in [0.25, 0.3) is 0 Å². The summed E-state index contributed by atoms with van der Waals surface area (Å²) in [6, 6.07) is 4.80. The lowest BCUT2D eigenvalue weighted by atomic mass is 9.89. The van der Waals surface area contributed by atoms with Gasteiger partial charge in [-0.05, 0) is 37.0 Å². The van der Waals surface area contributed by atoms with Gasteiger partial charge in [0.15, 0.2) is 0 Å². The van der Waals surface area contributed by atoms with Gasteiger partial charge in [-0.1, -0.05) is 42.5 Å². The van der Waals surface area contributed by atoms with Crippen LogP contribution in [0.1, 0.15) is 32.1 Å². The molecule has 1 fully saturated rings. The van der Waals surface area contributed by atoms with Gasteiger partial charge in [-0.25, -0.2) is 4.79 Å². The molecule has 3 nitrogen and oxygen atoms in total. The van der Waals surface area contributed by atoms with Gasteiger partial charge in [0.05, 0.1) is 10.7 Å². The molecule has 1 aliphatic carbocycles. The van der Waals surface area contributed by atoms with Crippen molar-refractivity contribution in [2.75, 3.05) is 11.9 Å². The smallest absolute Gasteiger partial charge is 0.319 e. The number of nitrogens with one attached hydrogen (secondary N) is 2. The Morgan fingerprint density at radius 1 is 1.21 bits per heavy atom. The maximum absolute atomic E-state index is 11.8. The second kappa shape index (κ2) is 7.01. The van der Waals surface area contributed by atoms with Crippen LogP contribution in [-0.4, -0.2) is 12.6 Å². The van der Waals surface area contributed by atoms with Crippen molar-refractivity contribution >= 4 is 34.9 Å².